The topological polar surface area (TPSA) is 329 Å². The van der Waals surface area contributed by atoms with Crippen LogP contribution in [0, 0.1) is 0 Å². The van der Waals surface area contributed by atoms with Crippen molar-refractivity contribution in [3.63, 3.8) is 0 Å². The minimum absolute atomic E-state index is 0.0438. The molecule has 5 aromatic rings. The van der Waals surface area contributed by atoms with Gasteiger partial charge in [0.1, 0.15) is 61.4 Å². The standard InChI is InChI=1S/C100H160N9O18PS/c1-7-10-13-16-19-22-25-28-31-34-37-40-43-46-49-55-67-119-84-71-81(72-85(120-68-56-50-47-44-41-38-35-32-29-26-23-20-17-14-11-8-2)95(84)122-69-57-51-48-45-42-39-36-33-30-27-24-21-18-15-12-9-3)99(116)107(5)66-70-121-92(113)63-61-89(112)104-88-64-65-108(100(117)105-88)90-73-82(126-93(114)62-60-79(4)111)87(125-90)76-123-128(118,129-6)127-83-74-91(124-86(83)75-110)109-78-103-94-96(101-77-102-97(94)109)106-98(115)80-58-53-52-54-59-80/h52-54,58-59,64-65,71-72,77-78,82-83,86-87,90-91,110H,7-51,55-57,60-63,66-70,73-76H2,1-6H3,(H,101,102,106,115)(H,104,105,112,117)/t82?,83?,86-,87-,90-,91-,128?/m1/s1. The first-order valence-electron chi connectivity index (χ1n) is 50.0. The lowest BCUT2D eigenvalue weighted by Crippen LogP contribution is -2.32. The van der Waals surface area contributed by atoms with Crippen LogP contribution >= 0.6 is 18.2 Å². The number of ketones is 1. The number of ether oxygens (including phenoxy) is 7. The number of hydrogen-bond donors (Lipinski definition) is 3. The van der Waals surface area contributed by atoms with Gasteiger partial charge in [-0.15, -0.1) is 0 Å². The van der Waals surface area contributed by atoms with Crippen molar-refractivity contribution < 1.29 is 80.6 Å². The molecule has 3 aromatic heterocycles. The molecule has 3 unspecified atom stereocenters. The smallest absolute Gasteiger partial charge is 0.389 e. The number of unbranched alkanes of at least 4 members (excludes halogenated alkanes) is 45. The van der Waals surface area contributed by atoms with Gasteiger partial charge in [-0.3, -0.25) is 42.2 Å². The number of nitrogens with zero attached hydrogens (tertiary/aromatic N) is 7. The van der Waals surface area contributed by atoms with Crippen LogP contribution in [0.25, 0.3) is 11.2 Å². The predicted molar refractivity (Wildman–Crippen MR) is 511 cm³/mol. The van der Waals surface area contributed by atoms with Crippen molar-refractivity contribution in [3.8, 4) is 17.2 Å². The summed E-state index contributed by atoms with van der Waals surface area (Å²) in [4.78, 5) is 112. The van der Waals surface area contributed by atoms with Crippen LogP contribution in [0.2, 0.25) is 0 Å². The number of rotatable bonds is 77. The Morgan fingerprint density at radius 3 is 1.46 bits per heavy atom. The van der Waals surface area contributed by atoms with Gasteiger partial charge in [0.05, 0.1) is 58.7 Å². The Labute approximate surface area is 774 Å². The molecule has 0 bridgehead atoms. The van der Waals surface area contributed by atoms with Crippen LogP contribution in [0.3, 0.4) is 0 Å². The van der Waals surface area contributed by atoms with E-state index >= 15 is 0 Å². The summed E-state index contributed by atoms with van der Waals surface area (Å²) in [6.45, 7) is 4.31. The zero-order valence-electron chi connectivity index (χ0n) is 79.3. The Balaban J connectivity index is 0.914. The Morgan fingerprint density at radius 1 is 0.527 bits per heavy atom. The highest BCUT2D eigenvalue weighted by Crippen LogP contribution is 2.62. The molecule has 7 rings (SSSR count). The fraction of sp³-hybridized carbons (Fsp3) is 0.730. The summed E-state index contributed by atoms with van der Waals surface area (Å²) in [5.74, 6) is -1.49. The summed E-state index contributed by atoms with van der Waals surface area (Å²) in [5, 5.41) is 15.8. The van der Waals surface area contributed by atoms with E-state index in [1.54, 1.807) is 54.1 Å². The molecule has 0 saturated carbocycles. The number of anilines is 2. The molecule has 0 aliphatic carbocycles. The van der Waals surface area contributed by atoms with E-state index in [1.807, 2.05) is 0 Å². The van der Waals surface area contributed by atoms with Crippen LogP contribution in [-0.4, -0.2) is 158 Å². The number of aliphatic hydroxyl groups excluding tert-OH is 1. The summed E-state index contributed by atoms with van der Waals surface area (Å²) in [6, 6.07) is 13.5. The predicted octanol–water partition coefficient (Wildman–Crippen LogP) is 24.0. The fourth-order valence-electron chi connectivity index (χ4n) is 16.5. The van der Waals surface area contributed by atoms with Gasteiger partial charge in [0.15, 0.2) is 28.5 Å². The van der Waals surface area contributed by atoms with Crippen molar-refractivity contribution in [2.24, 2.45) is 0 Å². The monoisotopic (exact) mass is 1840 g/mol. The van der Waals surface area contributed by atoms with E-state index in [0.29, 0.717) is 53.8 Å². The molecule has 2 aliphatic rings. The summed E-state index contributed by atoms with van der Waals surface area (Å²) in [7, 11) is 1.65. The number of nitrogens with one attached hydrogen (secondary N) is 2. The van der Waals surface area contributed by atoms with Gasteiger partial charge in [-0.2, -0.15) is 4.98 Å². The van der Waals surface area contributed by atoms with E-state index in [0.717, 1.165) is 73.7 Å². The molecule has 2 aliphatic heterocycles. The number of aliphatic hydroxyl groups is 1. The summed E-state index contributed by atoms with van der Waals surface area (Å²) < 4.78 is 73.3. The van der Waals surface area contributed by atoms with Crippen LogP contribution in [-0.2, 0) is 51.7 Å². The van der Waals surface area contributed by atoms with Gasteiger partial charge in [-0.1, -0.05) is 328 Å². The Hall–Kier alpha value is -7.33. The molecule has 7 atom stereocenters. The first kappa shape index (κ1) is 109. The molecule has 5 heterocycles. The molecule has 0 radical (unpaired) electrons. The second-order valence-corrected chi connectivity index (χ2v) is 39.5. The van der Waals surface area contributed by atoms with Crippen LogP contribution in [0.15, 0.2) is 72.2 Å². The highest BCUT2D eigenvalue weighted by molar-refractivity contribution is 8.54. The van der Waals surface area contributed by atoms with E-state index in [-0.39, 0.29) is 80.5 Å². The van der Waals surface area contributed by atoms with E-state index in [1.165, 1.54) is 293 Å². The van der Waals surface area contributed by atoms with Gasteiger partial charge < -0.3 is 58.6 Å². The van der Waals surface area contributed by atoms with Crippen LogP contribution in [0.4, 0.5) is 11.6 Å². The zero-order valence-corrected chi connectivity index (χ0v) is 81.0. The van der Waals surface area contributed by atoms with Crippen LogP contribution in [0.5, 0.6) is 17.2 Å². The fourth-order valence-corrected chi connectivity index (χ4v) is 18.8. The lowest BCUT2D eigenvalue weighted by Gasteiger charge is -2.25. The first-order chi connectivity index (χ1) is 63.0. The SMILES string of the molecule is CCCCCCCCCCCCCCCCCCOc1cc(C(=O)N(C)CCOC(=O)CCC(=O)Nc2ccn([C@H]3CC(OC(=O)CCC(C)=O)[C@@H](COP(=O)(OC4C[C@H](n5cnc6c(NC(=O)c7ccccc7)ncnc65)O[C@@H]4CO)SC)O3)c(=O)n2)cc(OCCCCCCCCCCCCCCCCCC)c1OCCCCCCCCCCCCCCCCCC. The summed E-state index contributed by atoms with van der Waals surface area (Å²) in [6.07, 6.45) is 59.3. The maximum atomic E-state index is 14.6. The lowest BCUT2D eigenvalue weighted by atomic mass is 10.0. The van der Waals surface area contributed by atoms with E-state index in [2.05, 4.69) is 51.3 Å². The van der Waals surface area contributed by atoms with E-state index in [4.69, 9.17) is 42.2 Å². The summed E-state index contributed by atoms with van der Waals surface area (Å²) >= 11 is 0.768. The van der Waals surface area contributed by atoms with Gasteiger partial charge in [0.2, 0.25) is 11.7 Å². The van der Waals surface area contributed by atoms with E-state index < -0.39 is 86.3 Å². The molecule has 0 spiro atoms. The minimum atomic E-state index is -4.15. The van der Waals surface area contributed by atoms with Crippen LogP contribution in [0.1, 0.15) is 408 Å². The number of aromatic nitrogens is 6. The molecule has 29 heteroatoms. The molecule has 3 amide bonds. The number of amides is 3. The number of hydrogen-bond acceptors (Lipinski definition) is 23. The molecule has 2 saturated heterocycles. The minimum Gasteiger partial charge on any atom is -0.490 e. The highest BCUT2D eigenvalue weighted by atomic mass is 32.7. The second-order valence-electron chi connectivity index (χ2n) is 35.3. The number of fused-ring (bicyclic) bond motifs is 1. The number of likely N-dealkylation sites (N-methyl/N-ethyl adjacent to an activating group) is 1. The second kappa shape index (κ2) is 66.1. The average molecular weight is 1840 g/mol. The molecular weight excluding hydrogens is 1680 g/mol. The van der Waals surface area contributed by atoms with Gasteiger partial charge in [0.25, 0.3) is 11.8 Å². The third-order valence-corrected chi connectivity index (χ3v) is 27.7. The van der Waals surface area contributed by atoms with Gasteiger partial charge >= 0.3 is 24.4 Å². The molecule has 129 heavy (non-hydrogen) atoms. The lowest BCUT2D eigenvalue weighted by molar-refractivity contribution is -0.153. The third kappa shape index (κ3) is 43.5. The normalized spacial score (nSPS) is 16.6. The third-order valence-electron chi connectivity index (χ3n) is 24.4. The maximum absolute atomic E-state index is 14.6. The van der Waals surface area contributed by atoms with Crippen LogP contribution < -0.4 is 30.5 Å². The summed E-state index contributed by atoms with van der Waals surface area (Å²) in [5.41, 5.74) is 0.478. The molecule has 2 aromatic carbocycles. The van der Waals surface area contributed by atoms with E-state index in [9.17, 15) is 43.2 Å². The largest absolute Gasteiger partial charge is 0.490 e. The highest BCUT2D eigenvalue weighted by Gasteiger charge is 2.45. The van der Waals surface area contributed by atoms with Gasteiger partial charge in [-0.05, 0) is 74.2 Å². The van der Waals surface area contributed by atoms with Gasteiger partial charge in [-0.25, -0.2) is 24.3 Å². The Kier molecular flexibility index (Phi) is 55.7. The van der Waals surface area contributed by atoms with Crippen molar-refractivity contribution in [1.29, 1.82) is 0 Å². The zero-order chi connectivity index (χ0) is 92.2. The van der Waals surface area contributed by atoms with Crippen molar-refractivity contribution in [2.75, 3.05) is 70.1 Å². The number of benzene rings is 2. The number of esters is 2. The molecular formula is C100H160N9O18PS. The molecule has 3 N–H and O–H groups in total. The van der Waals surface area contributed by atoms with Crippen molar-refractivity contribution in [1.82, 2.24) is 34.0 Å². The van der Waals surface area contributed by atoms with Crippen molar-refractivity contribution in [3.05, 3.63) is 89.0 Å². The Morgan fingerprint density at radius 2 is 0.984 bits per heavy atom. The number of carbonyl (C=O) groups is 6. The Bertz CT molecular complexity index is 4000. The number of imidazole rings is 1. The molecule has 27 nitrogen and oxygen atoms in total. The quantitative estimate of drug-likeness (QED) is 0.0185. The maximum Gasteiger partial charge on any atom is 0.389 e. The molecule has 2 fully saturated rings. The number of Topliss-reactive ketones (excluding diaryl/α,β-unsaturated/α-hetero) is 1. The van der Waals surface area contributed by atoms with Crippen molar-refractivity contribution in [2.45, 2.75) is 411 Å². The number of carbonyl (C=O) groups excluding carboxylic acids is 6. The molecule has 724 valence electrons. The van der Waals surface area contributed by atoms with Crippen molar-refractivity contribution >= 4 is 76.4 Å². The average Bonchev–Trinajstić information content (AvgIpc) is 1.61. The van der Waals surface area contributed by atoms with Gasteiger partial charge in [0, 0.05) is 50.1 Å². The first-order valence-corrected chi connectivity index (χ1v) is 53.3.